The van der Waals surface area contributed by atoms with Crippen LogP contribution in [-0.4, -0.2) is 29.2 Å². The van der Waals surface area contributed by atoms with Gasteiger partial charge in [-0.15, -0.1) is 13.2 Å². The average Bonchev–Trinajstić information content (AvgIpc) is 2.45. The Hall–Kier alpha value is -0.570. The number of rotatable bonds is 14. The highest BCUT2D eigenvalue weighted by atomic mass is 79.9. The van der Waals surface area contributed by atoms with E-state index in [0.717, 1.165) is 11.8 Å². The minimum atomic E-state index is 0.224. The normalized spacial score (nSPS) is 10.2. The number of halogens is 1. The van der Waals surface area contributed by atoms with E-state index in [9.17, 15) is 4.79 Å². The fourth-order valence-electron chi connectivity index (χ4n) is 2.18. The van der Waals surface area contributed by atoms with Crippen LogP contribution in [-0.2, 0) is 4.79 Å². The highest BCUT2D eigenvalue weighted by molar-refractivity contribution is 9.09. The van der Waals surface area contributed by atoms with Crippen molar-refractivity contribution in [2.24, 2.45) is 0 Å². The largest absolute Gasteiger partial charge is 0.335 e. The van der Waals surface area contributed by atoms with E-state index in [1.807, 2.05) is 0 Å². The lowest BCUT2D eigenvalue weighted by atomic mass is 10.1. The van der Waals surface area contributed by atoms with Gasteiger partial charge in [0, 0.05) is 24.8 Å². The lowest BCUT2D eigenvalue weighted by Crippen LogP contribution is -2.30. The van der Waals surface area contributed by atoms with Crippen LogP contribution in [0, 0.1) is 0 Å². The topological polar surface area (TPSA) is 20.3 Å². The maximum atomic E-state index is 12.0. The van der Waals surface area contributed by atoms with E-state index in [1.165, 1.54) is 44.9 Å². The van der Waals surface area contributed by atoms with Crippen LogP contribution in [0.25, 0.3) is 0 Å². The Labute approximate surface area is 133 Å². The molecule has 0 aliphatic carbocycles. The summed E-state index contributed by atoms with van der Waals surface area (Å²) in [4.78, 5) is 13.8. The molecule has 0 saturated heterocycles. The summed E-state index contributed by atoms with van der Waals surface area (Å²) in [5, 5.41) is 1.13. The van der Waals surface area contributed by atoms with Gasteiger partial charge in [-0.1, -0.05) is 66.6 Å². The summed E-state index contributed by atoms with van der Waals surface area (Å²) in [6, 6.07) is 0. The number of hydrogen-bond donors (Lipinski definition) is 0. The molecule has 0 aromatic heterocycles. The van der Waals surface area contributed by atoms with Crippen molar-refractivity contribution in [2.75, 3.05) is 18.4 Å². The molecule has 3 heteroatoms. The van der Waals surface area contributed by atoms with Crippen LogP contribution in [0.2, 0.25) is 0 Å². The molecule has 0 aliphatic rings. The van der Waals surface area contributed by atoms with Crippen LogP contribution in [0.1, 0.15) is 57.8 Å². The molecule has 1 amide bonds. The molecule has 0 fully saturated rings. The Kier molecular flexibility index (Phi) is 14.4. The summed E-state index contributed by atoms with van der Waals surface area (Å²) in [6.45, 7) is 8.62. The monoisotopic (exact) mass is 343 g/mol. The second kappa shape index (κ2) is 14.8. The van der Waals surface area contributed by atoms with Crippen LogP contribution >= 0.6 is 15.9 Å². The summed E-state index contributed by atoms with van der Waals surface area (Å²) in [5.41, 5.74) is 0. The molecule has 0 rings (SSSR count). The third-order valence-electron chi connectivity index (χ3n) is 3.33. The van der Waals surface area contributed by atoms with Crippen molar-refractivity contribution in [1.29, 1.82) is 0 Å². The van der Waals surface area contributed by atoms with Gasteiger partial charge in [0.2, 0.25) is 5.91 Å². The summed E-state index contributed by atoms with van der Waals surface area (Å²) in [6.07, 6.45) is 14.2. The third kappa shape index (κ3) is 11.3. The first-order valence-corrected chi connectivity index (χ1v) is 8.94. The standard InChI is InChI=1S/C17H30BrNO/c1-3-15-19(16-4-2)17(20)13-11-9-7-5-6-8-10-12-14-18/h3-4H,1-2,5-16H2. The average molecular weight is 344 g/mol. The third-order valence-corrected chi connectivity index (χ3v) is 3.89. The van der Waals surface area contributed by atoms with Crippen LogP contribution in [0.3, 0.4) is 0 Å². The minimum absolute atomic E-state index is 0.224. The molecule has 2 nitrogen and oxygen atoms in total. The van der Waals surface area contributed by atoms with Gasteiger partial charge in [0.05, 0.1) is 0 Å². The van der Waals surface area contributed by atoms with Gasteiger partial charge in [-0.25, -0.2) is 0 Å². The number of alkyl halides is 1. The van der Waals surface area contributed by atoms with Crippen molar-refractivity contribution >= 4 is 21.8 Å². The fraction of sp³-hybridized carbons (Fsp3) is 0.706. The minimum Gasteiger partial charge on any atom is -0.335 e. The molecule has 116 valence electrons. The highest BCUT2D eigenvalue weighted by Crippen LogP contribution is 2.11. The van der Waals surface area contributed by atoms with Gasteiger partial charge in [-0.05, 0) is 12.8 Å². The van der Waals surface area contributed by atoms with Gasteiger partial charge in [-0.2, -0.15) is 0 Å². The maximum absolute atomic E-state index is 12.0. The Bertz CT molecular complexity index is 256. The summed E-state index contributed by atoms with van der Waals surface area (Å²) in [7, 11) is 0. The van der Waals surface area contributed by atoms with E-state index in [4.69, 9.17) is 0 Å². The molecule has 0 atom stereocenters. The zero-order valence-electron chi connectivity index (χ0n) is 12.8. The second-order valence-electron chi connectivity index (χ2n) is 5.14. The zero-order chi connectivity index (χ0) is 15.1. The first kappa shape index (κ1) is 19.4. The Morgan fingerprint density at radius 1 is 0.850 bits per heavy atom. The van der Waals surface area contributed by atoms with Crippen molar-refractivity contribution < 1.29 is 4.79 Å². The number of amides is 1. The number of carbonyl (C=O) groups excluding carboxylic acids is 1. The number of hydrogen-bond acceptors (Lipinski definition) is 1. The van der Waals surface area contributed by atoms with Gasteiger partial charge in [-0.3, -0.25) is 4.79 Å². The molecular formula is C17H30BrNO. The SMILES string of the molecule is C=CCN(CC=C)C(=O)CCCCCCCCCCBr. The van der Waals surface area contributed by atoms with Gasteiger partial charge in [0.25, 0.3) is 0 Å². The molecule has 0 aliphatic heterocycles. The lowest BCUT2D eigenvalue weighted by molar-refractivity contribution is -0.130. The second-order valence-corrected chi connectivity index (χ2v) is 5.94. The molecule has 0 aromatic rings. The quantitative estimate of drug-likeness (QED) is 0.244. The van der Waals surface area contributed by atoms with E-state index < -0.39 is 0 Å². The molecule has 0 saturated carbocycles. The van der Waals surface area contributed by atoms with Crippen molar-refractivity contribution in [3.8, 4) is 0 Å². The summed E-state index contributed by atoms with van der Waals surface area (Å²) in [5.74, 6) is 0.224. The lowest BCUT2D eigenvalue weighted by Gasteiger charge is -2.19. The molecule has 0 bridgehead atoms. The van der Waals surface area contributed by atoms with Gasteiger partial charge in [0.1, 0.15) is 0 Å². The zero-order valence-corrected chi connectivity index (χ0v) is 14.4. The number of carbonyl (C=O) groups is 1. The smallest absolute Gasteiger partial charge is 0.223 e. The van der Waals surface area contributed by atoms with Gasteiger partial charge >= 0.3 is 0 Å². The first-order chi connectivity index (χ1) is 9.76. The van der Waals surface area contributed by atoms with Crippen LogP contribution in [0.5, 0.6) is 0 Å². The van der Waals surface area contributed by atoms with Crippen molar-refractivity contribution in [3.63, 3.8) is 0 Å². The van der Waals surface area contributed by atoms with E-state index in [0.29, 0.717) is 19.5 Å². The molecule has 0 N–H and O–H groups in total. The van der Waals surface area contributed by atoms with E-state index in [1.54, 1.807) is 17.1 Å². The van der Waals surface area contributed by atoms with E-state index in [-0.39, 0.29) is 5.91 Å². The van der Waals surface area contributed by atoms with Crippen LogP contribution in [0.15, 0.2) is 25.3 Å². The number of unbranched alkanes of at least 4 members (excludes halogenated alkanes) is 7. The Morgan fingerprint density at radius 2 is 1.30 bits per heavy atom. The molecule has 20 heavy (non-hydrogen) atoms. The summed E-state index contributed by atoms with van der Waals surface area (Å²) >= 11 is 3.45. The molecular weight excluding hydrogens is 314 g/mol. The van der Waals surface area contributed by atoms with E-state index in [2.05, 4.69) is 29.1 Å². The predicted molar refractivity (Wildman–Crippen MR) is 92.3 cm³/mol. The fourth-order valence-corrected chi connectivity index (χ4v) is 2.58. The van der Waals surface area contributed by atoms with Gasteiger partial charge < -0.3 is 4.90 Å². The predicted octanol–water partition coefficient (Wildman–Crippen LogP) is 5.09. The van der Waals surface area contributed by atoms with Crippen LogP contribution in [0.4, 0.5) is 0 Å². The van der Waals surface area contributed by atoms with Crippen molar-refractivity contribution in [2.45, 2.75) is 57.8 Å². The Balaban J connectivity index is 3.50. The highest BCUT2D eigenvalue weighted by Gasteiger charge is 2.09. The first-order valence-electron chi connectivity index (χ1n) is 7.81. The van der Waals surface area contributed by atoms with Gasteiger partial charge in [0.15, 0.2) is 0 Å². The molecule has 0 radical (unpaired) electrons. The number of nitrogens with zero attached hydrogens (tertiary/aromatic N) is 1. The van der Waals surface area contributed by atoms with Crippen molar-refractivity contribution in [3.05, 3.63) is 25.3 Å². The molecule has 0 heterocycles. The van der Waals surface area contributed by atoms with Crippen molar-refractivity contribution in [1.82, 2.24) is 4.90 Å². The molecule has 0 spiro atoms. The summed E-state index contributed by atoms with van der Waals surface area (Å²) < 4.78 is 0. The molecule has 0 unspecified atom stereocenters. The maximum Gasteiger partial charge on any atom is 0.223 e. The van der Waals surface area contributed by atoms with Crippen LogP contribution < -0.4 is 0 Å². The Morgan fingerprint density at radius 3 is 1.75 bits per heavy atom. The van der Waals surface area contributed by atoms with E-state index >= 15 is 0 Å². The molecule has 0 aromatic carbocycles.